The number of hydrogen-bond acceptors (Lipinski definition) is 5. The second-order valence-electron chi connectivity index (χ2n) is 7.86. The van der Waals surface area contributed by atoms with Gasteiger partial charge in [-0.2, -0.15) is 4.31 Å². The normalized spacial score (nSPS) is 14.2. The van der Waals surface area contributed by atoms with Crippen LogP contribution in [0.4, 0.5) is 17.1 Å². The van der Waals surface area contributed by atoms with Gasteiger partial charge in [0.25, 0.3) is 5.91 Å². The van der Waals surface area contributed by atoms with Gasteiger partial charge in [-0.25, -0.2) is 8.42 Å². The highest BCUT2D eigenvalue weighted by Gasteiger charge is 2.26. The zero-order valence-electron chi connectivity index (χ0n) is 18.8. The lowest BCUT2D eigenvalue weighted by molar-refractivity contribution is 0.102. The SMILES string of the molecule is CCN(CC)S(=O)(=O)c1ccc(N2CCCC2)c(C(=O)Nc2ccc(N(C)C)cc2)c1. The molecule has 168 valence electrons. The van der Waals surface area contributed by atoms with Gasteiger partial charge in [-0.15, -0.1) is 0 Å². The Bertz CT molecular complexity index is 1010. The van der Waals surface area contributed by atoms with Crippen LogP contribution in [0.5, 0.6) is 0 Å². The average molecular weight is 445 g/mol. The minimum atomic E-state index is -3.66. The van der Waals surface area contributed by atoms with Gasteiger partial charge in [0.2, 0.25) is 10.0 Å². The molecule has 7 nitrogen and oxygen atoms in total. The van der Waals surface area contributed by atoms with E-state index in [2.05, 4.69) is 10.2 Å². The van der Waals surface area contributed by atoms with Crippen molar-refractivity contribution in [2.45, 2.75) is 31.6 Å². The van der Waals surface area contributed by atoms with Gasteiger partial charge in [0.15, 0.2) is 0 Å². The molecule has 0 saturated carbocycles. The summed E-state index contributed by atoms with van der Waals surface area (Å²) in [5, 5.41) is 2.93. The molecule has 8 heteroatoms. The molecule has 3 rings (SSSR count). The number of amides is 1. The Labute approximate surface area is 185 Å². The number of carbonyl (C=O) groups is 1. The Morgan fingerprint density at radius 2 is 1.61 bits per heavy atom. The van der Waals surface area contributed by atoms with Crippen LogP contribution >= 0.6 is 0 Å². The smallest absolute Gasteiger partial charge is 0.257 e. The van der Waals surface area contributed by atoms with Gasteiger partial charge in [-0.3, -0.25) is 4.79 Å². The van der Waals surface area contributed by atoms with Crippen LogP contribution in [-0.2, 0) is 10.0 Å². The number of benzene rings is 2. The number of hydrogen-bond donors (Lipinski definition) is 1. The molecule has 0 aromatic heterocycles. The molecule has 0 aliphatic carbocycles. The molecule has 31 heavy (non-hydrogen) atoms. The van der Waals surface area contributed by atoms with Crippen molar-refractivity contribution < 1.29 is 13.2 Å². The summed E-state index contributed by atoms with van der Waals surface area (Å²) in [5.41, 5.74) is 2.85. The fourth-order valence-electron chi connectivity index (χ4n) is 3.85. The highest BCUT2D eigenvalue weighted by molar-refractivity contribution is 7.89. The van der Waals surface area contributed by atoms with E-state index in [-0.39, 0.29) is 10.8 Å². The summed E-state index contributed by atoms with van der Waals surface area (Å²) < 4.78 is 27.5. The lowest BCUT2D eigenvalue weighted by Crippen LogP contribution is -2.31. The highest BCUT2D eigenvalue weighted by Crippen LogP contribution is 2.29. The van der Waals surface area contributed by atoms with Crippen LogP contribution in [0.2, 0.25) is 0 Å². The molecule has 1 aliphatic rings. The molecule has 0 spiro atoms. The summed E-state index contributed by atoms with van der Waals surface area (Å²) in [6, 6.07) is 12.5. The number of nitrogens with zero attached hydrogens (tertiary/aromatic N) is 3. The maximum atomic E-state index is 13.2. The van der Waals surface area contributed by atoms with Gasteiger partial charge in [0.1, 0.15) is 0 Å². The van der Waals surface area contributed by atoms with E-state index in [0.717, 1.165) is 37.3 Å². The molecule has 2 aromatic carbocycles. The summed E-state index contributed by atoms with van der Waals surface area (Å²) >= 11 is 0. The molecule has 0 unspecified atom stereocenters. The van der Waals surface area contributed by atoms with Crippen LogP contribution in [0.1, 0.15) is 37.0 Å². The molecule has 1 aliphatic heterocycles. The van der Waals surface area contributed by atoms with Crippen molar-refractivity contribution >= 4 is 33.0 Å². The van der Waals surface area contributed by atoms with E-state index < -0.39 is 10.0 Å². The summed E-state index contributed by atoms with van der Waals surface area (Å²) in [7, 11) is 0.256. The number of rotatable bonds is 8. The minimum absolute atomic E-state index is 0.146. The first kappa shape index (κ1) is 23.1. The van der Waals surface area contributed by atoms with E-state index in [1.807, 2.05) is 57.1 Å². The fraction of sp³-hybridized carbons (Fsp3) is 0.435. The molecule has 1 amide bonds. The predicted octanol–water partition coefficient (Wildman–Crippen LogP) is 3.64. The summed E-state index contributed by atoms with van der Waals surface area (Å²) in [4.78, 5) is 17.5. The van der Waals surface area contributed by atoms with Gasteiger partial charge in [-0.05, 0) is 55.3 Å². The van der Waals surface area contributed by atoms with E-state index in [1.54, 1.807) is 12.1 Å². The number of anilines is 3. The van der Waals surface area contributed by atoms with Crippen LogP contribution in [0.25, 0.3) is 0 Å². The predicted molar refractivity (Wildman–Crippen MR) is 127 cm³/mol. The van der Waals surface area contributed by atoms with E-state index in [4.69, 9.17) is 0 Å². The third kappa shape index (κ3) is 5.02. The lowest BCUT2D eigenvalue weighted by atomic mass is 10.1. The molecule has 1 heterocycles. The molecule has 1 saturated heterocycles. The van der Waals surface area contributed by atoms with Gasteiger partial charge in [0.05, 0.1) is 10.5 Å². The zero-order valence-corrected chi connectivity index (χ0v) is 19.6. The monoisotopic (exact) mass is 444 g/mol. The lowest BCUT2D eigenvalue weighted by Gasteiger charge is -2.23. The fourth-order valence-corrected chi connectivity index (χ4v) is 5.33. The van der Waals surface area contributed by atoms with Crippen molar-refractivity contribution in [3.63, 3.8) is 0 Å². The van der Waals surface area contributed by atoms with Gasteiger partial charge in [-0.1, -0.05) is 13.8 Å². The van der Waals surface area contributed by atoms with Crippen LogP contribution in [-0.4, -0.2) is 58.9 Å². The van der Waals surface area contributed by atoms with E-state index in [1.165, 1.54) is 10.4 Å². The Kier molecular flexibility index (Phi) is 7.23. The first-order valence-electron chi connectivity index (χ1n) is 10.8. The molecular formula is C23H32N4O3S. The Hall–Kier alpha value is -2.58. The maximum absolute atomic E-state index is 13.2. The Morgan fingerprint density at radius 3 is 2.16 bits per heavy atom. The Balaban J connectivity index is 1.97. The van der Waals surface area contributed by atoms with E-state index in [9.17, 15) is 13.2 Å². The summed E-state index contributed by atoms with van der Waals surface area (Å²) in [6.45, 7) is 6.11. The minimum Gasteiger partial charge on any atom is -0.378 e. The number of nitrogens with one attached hydrogen (secondary N) is 1. The molecule has 2 aromatic rings. The van der Waals surface area contributed by atoms with Crippen LogP contribution in [0.3, 0.4) is 0 Å². The largest absolute Gasteiger partial charge is 0.378 e. The van der Waals surface area contributed by atoms with Crippen molar-refractivity contribution in [2.75, 3.05) is 55.4 Å². The third-order valence-corrected chi connectivity index (χ3v) is 7.69. The van der Waals surface area contributed by atoms with Crippen molar-refractivity contribution in [3.05, 3.63) is 48.0 Å². The average Bonchev–Trinajstić information content (AvgIpc) is 3.29. The van der Waals surface area contributed by atoms with E-state index in [0.29, 0.717) is 24.3 Å². The Morgan fingerprint density at radius 1 is 1.00 bits per heavy atom. The third-order valence-electron chi connectivity index (χ3n) is 5.64. The van der Waals surface area contributed by atoms with Crippen LogP contribution in [0.15, 0.2) is 47.4 Å². The second-order valence-corrected chi connectivity index (χ2v) is 9.80. The molecule has 1 N–H and O–H groups in total. The first-order chi connectivity index (χ1) is 14.8. The van der Waals surface area contributed by atoms with Crippen molar-refractivity contribution in [1.29, 1.82) is 0 Å². The molecular weight excluding hydrogens is 412 g/mol. The van der Waals surface area contributed by atoms with Crippen molar-refractivity contribution in [3.8, 4) is 0 Å². The standard InChI is InChI=1S/C23H32N4O3S/c1-5-27(6-2)31(29,30)20-13-14-22(26-15-7-8-16-26)21(17-20)23(28)24-18-9-11-19(12-10-18)25(3)4/h9-14,17H,5-8,15-16H2,1-4H3,(H,24,28). The molecule has 1 fully saturated rings. The summed E-state index contributed by atoms with van der Waals surface area (Å²) in [5.74, 6) is -0.309. The zero-order chi connectivity index (χ0) is 22.6. The molecule has 0 bridgehead atoms. The molecule has 0 radical (unpaired) electrons. The van der Waals surface area contributed by atoms with Crippen molar-refractivity contribution in [1.82, 2.24) is 4.31 Å². The molecule has 0 atom stereocenters. The second kappa shape index (κ2) is 9.70. The first-order valence-corrected chi connectivity index (χ1v) is 12.2. The van der Waals surface area contributed by atoms with Crippen LogP contribution < -0.4 is 15.1 Å². The number of carbonyl (C=O) groups excluding carboxylic acids is 1. The van der Waals surface area contributed by atoms with Gasteiger partial charge in [0, 0.05) is 57.3 Å². The summed E-state index contributed by atoms with van der Waals surface area (Å²) in [6.07, 6.45) is 2.12. The maximum Gasteiger partial charge on any atom is 0.257 e. The van der Waals surface area contributed by atoms with Gasteiger partial charge < -0.3 is 15.1 Å². The van der Waals surface area contributed by atoms with Gasteiger partial charge >= 0.3 is 0 Å². The van der Waals surface area contributed by atoms with E-state index >= 15 is 0 Å². The quantitative estimate of drug-likeness (QED) is 0.673. The topological polar surface area (TPSA) is 73.0 Å². The number of sulfonamides is 1. The van der Waals surface area contributed by atoms with Crippen LogP contribution in [0, 0.1) is 0 Å². The highest BCUT2D eigenvalue weighted by atomic mass is 32.2. The van der Waals surface area contributed by atoms with Crippen molar-refractivity contribution in [2.24, 2.45) is 0 Å².